The third-order valence-electron chi connectivity index (χ3n) is 6.05. The Bertz CT molecular complexity index is 897. The molecule has 2 aromatic carbocycles. The Morgan fingerprint density at radius 2 is 1.56 bits per heavy atom. The van der Waals surface area contributed by atoms with Gasteiger partial charge >= 0.3 is 0 Å². The summed E-state index contributed by atoms with van der Waals surface area (Å²) in [4.78, 5) is 32.2. The number of hydrogen-bond acceptors (Lipinski definition) is 4. The first-order chi connectivity index (χ1) is 15.6. The van der Waals surface area contributed by atoms with Crippen LogP contribution in [0, 0.1) is 0 Å². The van der Waals surface area contributed by atoms with Gasteiger partial charge in [0.25, 0.3) is 11.8 Å². The molecule has 32 heavy (non-hydrogen) atoms. The highest BCUT2D eigenvalue weighted by Gasteiger charge is 2.25. The highest BCUT2D eigenvalue weighted by atomic mass is 16.5. The van der Waals surface area contributed by atoms with Gasteiger partial charge in [-0.1, -0.05) is 25.5 Å². The van der Waals surface area contributed by atoms with Crippen LogP contribution in [0.3, 0.4) is 0 Å². The smallest absolute Gasteiger partial charge is 0.257 e. The first-order valence-electron chi connectivity index (χ1n) is 11.7. The van der Waals surface area contributed by atoms with Crippen molar-refractivity contribution in [3.05, 3.63) is 59.7 Å². The van der Waals surface area contributed by atoms with Crippen molar-refractivity contribution >= 4 is 17.5 Å². The predicted octanol–water partition coefficient (Wildman–Crippen LogP) is 4.31. The van der Waals surface area contributed by atoms with Gasteiger partial charge in [0.05, 0.1) is 12.7 Å². The molecule has 3 rings (SSSR count). The van der Waals surface area contributed by atoms with Crippen molar-refractivity contribution < 1.29 is 14.3 Å². The van der Waals surface area contributed by atoms with Gasteiger partial charge in [0.15, 0.2) is 0 Å². The summed E-state index contributed by atoms with van der Waals surface area (Å²) in [5.74, 6) is 0.558. The standard InChI is InChI=1S/C26H35N3O3/c1-4-6-16-27(5-2)22-14-12-21(13-15-22)25(30)28-17-9-18-29(20-19-28)26(31)23-10-7-8-11-24(23)32-3/h7-8,10-15H,4-6,9,16-20H2,1-3H3. The number of carbonyl (C=O) groups excluding carboxylic acids is 2. The molecule has 1 heterocycles. The summed E-state index contributed by atoms with van der Waals surface area (Å²) >= 11 is 0. The normalized spacial score (nSPS) is 14.1. The van der Waals surface area contributed by atoms with Gasteiger partial charge in [-0.3, -0.25) is 9.59 Å². The number of rotatable bonds is 8. The number of benzene rings is 2. The molecular formula is C26H35N3O3. The van der Waals surface area contributed by atoms with Crippen molar-refractivity contribution in [2.45, 2.75) is 33.1 Å². The van der Waals surface area contributed by atoms with Gasteiger partial charge in [0.1, 0.15) is 5.75 Å². The SMILES string of the molecule is CCCCN(CC)c1ccc(C(=O)N2CCCN(C(=O)c3ccccc3OC)CC2)cc1. The molecule has 0 atom stereocenters. The number of anilines is 1. The number of nitrogens with zero attached hydrogens (tertiary/aromatic N) is 3. The van der Waals surface area contributed by atoms with Gasteiger partial charge in [0.2, 0.25) is 0 Å². The van der Waals surface area contributed by atoms with Gasteiger partial charge < -0.3 is 19.4 Å². The predicted molar refractivity (Wildman–Crippen MR) is 129 cm³/mol. The van der Waals surface area contributed by atoms with Gasteiger partial charge in [0, 0.05) is 50.5 Å². The van der Waals surface area contributed by atoms with E-state index in [9.17, 15) is 9.59 Å². The molecule has 0 unspecified atom stereocenters. The second-order valence-corrected chi connectivity index (χ2v) is 8.12. The van der Waals surface area contributed by atoms with Crippen LogP contribution >= 0.6 is 0 Å². The van der Waals surface area contributed by atoms with Crippen LogP contribution in [-0.2, 0) is 0 Å². The van der Waals surface area contributed by atoms with Crippen LogP contribution in [-0.4, -0.2) is 68.0 Å². The van der Waals surface area contributed by atoms with Crippen molar-refractivity contribution in [1.82, 2.24) is 9.80 Å². The maximum atomic E-state index is 13.1. The fourth-order valence-electron chi connectivity index (χ4n) is 4.13. The molecule has 1 aliphatic heterocycles. The molecule has 6 heteroatoms. The Kier molecular flexibility index (Phi) is 8.54. The van der Waals surface area contributed by atoms with Crippen LogP contribution in [0.1, 0.15) is 53.8 Å². The molecule has 1 fully saturated rings. The highest BCUT2D eigenvalue weighted by Crippen LogP contribution is 2.21. The number of carbonyl (C=O) groups is 2. The lowest BCUT2D eigenvalue weighted by Crippen LogP contribution is -2.37. The quantitative estimate of drug-likeness (QED) is 0.618. The molecule has 0 N–H and O–H groups in total. The zero-order valence-corrected chi connectivity index (χ0v) is 19.5. The number of unbranched alkanes of at least 4 members (excludes halogenated alkanes) is 1. The molecule has 1 aliphatic rings. The average Bonchev–Trinajstić information content (AvgIpc) is 3.10. The summed E-state index contributed by atoms with van der Waals surface area (Å²) in [6, 6.07) is 15.2. The Labute approximate surface area is 191 Å². The maximum Gasteiger partial charge on any atom is 0.257 e. The number of para-hydroxylation sites is 1. The summed E-state index contributed by atoms with van der Waals surface area (Å²) in [7, 11) is 1.57. The second kappa shape index (κ2) is 11.6. The van der Waals surface area contributed by atoms with Crippen LogP contribution < -0.4 is 9.64 Å². The maximum absolute atomic E-state index is 13.1. The average molecular weight is 438 g/mol. The Balaban J connectivity index is 1.63. The molecule has 2 amide bonds. The molecular weight excluding hydrogens is 402 g/mol. The number of hydrogen-bond donors (Lipinski definition) is 0. The molecule has 0 aliphatic carbocycles. The molecule has 2 aromatic rings. The lowest BCUT2D eigenvalue weighted by molar-refractivity contribution is 0.0717. The summed E-state index contributed by atoms with van der Waals surface area (Å²) in [6.45, 7) is 8.65. The van der Waals surface area contributed by atoms with Gasteiger partial charge in [-0.15, -0.1) is 0 Å². The van der Waals surface area contributed by atoms with Crippen LogP contribution in [0.4, 0.5) is 5.69 Å². The largest absolute Gasteiger partial charge is 0.496 e. The molecule has 1 saturated heterocycles. The number of ether oxygens (including phenoxy) is 1. The van der Waals surface area contributed by atoms with E-state index < -0.39 is 0 Å². The van der Waals surface area contributed by atoms with E-state index in [0.717, 1.165) is 31.6 Å². The highest BCUT2D eigenvalue weighted by molar-refractivity contribution is 5.97. The molecule has 0 spiro atoms. The zero-order chi connectivity index (χ0) is 22.9. The van der Waals surface area contributed by atoms with Crippen LogP contribution in [0.25, 0.3) is 0 Å². The van der Waals surface area contributed by atoms with Crippen molar-refractivity contribution in [3.63, 3.8) is 0 Å². The van der Waals surface area contributed by atoms with Crippen molar-refractivity contribution in [2.75, 3.05) is 51.3 Å². The molecule has 0 radical (unpaired) electrons. The van der Waals surface area contributed by atoms with E-state index in [1.807, 2.05) is 46.2 Å². The minimum absolute atomic E-state index is 0.0275. The summed E-state index contributed by atoms with van der Waals surface area (Å²) in [5, 5.41) is 0. The van der Waals surface area contributed by atoms with Gasteiger partial charge in [-0.2, -0.15) is 0 Å². The van der Waals surface area contributed by atoms with E-state index in [0.29, 0.717) is 43.1 Å². The summed E-state index contributed by atoms with van der Waals surface area (Å²) in [6.07, 6.45) is 3.08. The van der Waals surface area contributed by atoms with Crippen molar-refractivity contribution in [3.8, 4) is 5.75 Å². The fraction of sp³-hybridized carbons (Fsp3) is 0.462. The van der Waals surface area contributed by atoms with Crippen LogP contribution in [0.2, 0.25) is 0 Å². The first kappa shape index (κ1) is 23.6. The van der Waals surface area contributed by atoms with Gasteiger partial charge in [-0.25, -0.2) is 0 Å². The number of methoxy groups -OCH3 is 1. The molecule has 0 bridgehead atoms. The molecule has 0 saturated carbocycles. The van der Waals surface area contributed by atoms with E-state index in [-0.39, 0.29) is 11.8 Å². The monoisotopic (exact) mass is 437 g/mol. The van der Waals surface area contributed by atoms with E-state index >= 15 is 0 Å². The molecule has 6 nitrogen and oxygen atoms in total. The van der Waals surface area contributed by atoms with Crippen molar-refractivity contribution in [1.29, 1.82) is 0 Å². The van der Waals surface area contributed by atoms with Crippen LogP contribution in [0.15, 0.2) is 48.5 Å². The molecule has 172 valence electrons. The topological polar surface area (TPSA) is 53.1 Å². The zero-order valence-electron chi connectivity index (χ0n) is 19.5. The van der Waals surface area contributed by atoms with E-state index in [4.69, 9.17) is 4.74 Å². The minimum Gasteiger partial charge on any atom is -0.496 e. The Morgan fingerprint density at radius 3 is 2.19 bits per heavy atom. The van der Waals surface area contributed by atoms with Crippen LogP contribution in [0.5, 0.6) is 5.75 Å². The lowest BCUT2D eigenvalue weighted by atomic mass is 10.1. The summed E-state index contributed by atoms with van der Waals surface area (Å²) in [5.41, 5.74) is 2.42. The molecule has 0 aromatic heterocycles. The third kappa shape index (κ3) is 5.61. The van der Waals surface area contributed by atoms with E-state index in [1.165, 1.54) is 6.42 Å². The summed E-state index contributed by atoms with van der Waals surface area (Å²) < 4.78 is 5.35. The van der Waals surface area contributed by atoms with E-state index in [1.54, 1.807) is 19.2 Å². The Hall–Kier alpha value is -3.02. The Morgan fingerprint density at radius 1 is 0.906 bits per heavy atom. The second-order valence-electron chi connectivity index (χ2n) is 8.12. The third-order valence-corrected chi connectivity index (χ3v) is 6.05. The fourth-order valence-corrected chi connectivity index (χ4v) is 4.13. The lowest BCUT2D eigenvalue weighted by Gasteiger charge is -2.24. The first-order valence-corrected chi connectivity index (χ1v) is 11.7. The van der Waals surface area contributed by atoms with Gasteiger partial charge in [-0.05, 0) is 56.2 Å². The van der Waals surface area contributed by atoms with Crippen molar-refractivity contribution in [2.24, 2.45) is 0 Å². The van der Waals surface area contributed by atoms with E-state index in [2.05, 4.69) is 18.7 Å². The number of amides is 2. The minimum atomic E-state index is -0.0483.